The van der Waals surface area contributed by atoms with Crippen LogP contribution in [0.25, 0.3) is 5.57 Å². The summed E-state index contributed by atoms with van der Waals surface area (Å²) >= 11 is 6.17. The molecule has 4 rings (SSSR count). The van der Waals surface area contributed by atoms with Crippen LogP contribution in [-0.4, -0.2) is 11.8 Å². The van der Waals surface area contributed by atoms with E-state index in [4.69, 9.17) is 11.6 Å². The largest absolute Gasteiger partial charge is 0.350 e. The van der Waals surface area contributed by atoms with Crippen LogP contribution >= 0.6 is 11.6 Å². The molecule has 3 aromatic carbocycles. The average molecular weight is 417 g/mol. The minimum atomic E-state index is -0.401. The zero-order chi connectivity index (χ0) is 21.4. The monoisotopic (exact) mass is 416 g/mol. The van der Waals surface area contributed by atoms with Gasteiger partial charge in [0, 0.05) is 10.7 Å². The third-order valence-electron chi connectivity index (χ3n) is 5.12. The zero-order valence-electron chi connectivity index (χ0n) is 17.0. The van der Waals surface area contributed by atoms with Crippen molar-refractivity contribution in [2.24, 2.45) is 0 Å². The first-order valence-corrected chi connectivity index (χ1v) is 10.0. The highest BCUT2D eigenvalue weighted by Gasteiger charge is 2.40. The molecule has 0 aliphatic carbocycles. The molecule has 0 fully saturated rings. The summed E-state index contributed by atoms with van der Waals surface area (Å²) in [4.78, 5) is 28.2. The predicted octanol–water partition coefficient (Wildman–Crippen LogP) is 5.66. The number of halogens is 1. The van der Waals surface area contributed by atoms with Crippen molar-refractivity contribution < 1.29 is 9.59 Å². The van der Waals surface area contributed by atoms with Gasteiger partial charge in [0.15, 0.2) is 0 Å². The molecule has 150 valence electrons. The van der Waals surface area contributed by atoms with Crippen LogP contribution in [0.15, 0.2) is 72.4 Å². The fraction of sp³-hybridized carbons (Fsp3) is 0.120. The maximum Gasteiger partial charge on any atom is 0.282 e. The standard InChI is InChI=1S/C25H21ClN2O2/c1-15-7-10-18(11-8-15)22-23(27-20-6-4-5-16(2)13-20)25(30)28(24(22)29)21-14-19(26)12-9-17(21)3/h4-14,27H,1-3H3. The molecule has 0 radical (unpaired) electrons. The van der Waals surface area contributed by atoms with E-state index >= 15 is 0 Å². The molecular weight excluding hydrogens is 396 g/mol. The van der Waals surface area contributed by atoms with Crippen LogP contribution in [0.2, 0.25) is 5.02 Å². The van der Waals surface area contributed by atoms with Crippen molar-refractivity contribution in [3.8, 4) is 0 Å². The molecule has 0 aromatic heterocycles. The van der Waals surface area contributed by atoms with Crippen molar-refractivity contribution in [1.29, 1.82) is 0 Å². The molecule has 1 N–H and O–H groups in total. The fourth-order valence-corrected chi connectivity index (χ4v) is 3.71. The van der Waals surface area contributed by atoms with E-state index < -0.39 is 5.91 Å². The first kappa shape index (κ1) is 19.9. The number of amides is 2. The molecular formula is C25H21ClN2O2. The molecule has 1 aliphatic heterocycles. The normalized spacial score (nSPS) is 13.9. The summed E-state index contributed by atoms with van der Waals surface area (Å²) in [5, 5.41) is 3.66. The van der Waals surface area contributed by atoms with E-state index in [9.17, 15) is 9.59 Å². The SMILES string of the molecule is Cc1ccc(C2=C(Nc3cccc(C)c3)C(=O)N(c3cc(Cl)ccc3C)C2=O)cc1. The van der Waals surface area contributed by atoms with Crippen molar-refractivity contribution in [3.63, 3.8) is 0 Å². The topological polar surface area (TPSA) is 49.4 Å². The summed E-state index contributed by atoms with van der Waals surface area (Å²) in [5.41, 5.74) is 5.46. The van der Waals surface area contributed by atoms with Gasteiger partial charge in [-0.15, -0.1) is 0 Å². The van der Waals surface area contributed by atoms with E-state index in [0.717, 1.165) is 22.4 Å². The molecule has 5 heteroatoms. The van der Waals surface area contributed by atoms with Crippen molar-refractivity contribution >= 4 is 40.4 Å². The van der Waals surface area contributed by atoms with Crippen LogP contribution in [0.1, 0.15) is 22.3 Å². The van der Waals surface area contributed by atoms with E-state index in [-0.39, 0.29) is 11.6 Å². The average Bonchev–Trinajstić information content (AvgIpc) is 2.94. The quantitative estimate of drug-likeness (QED) is 0.558. The van der Waals surface area contributed by atoms with Crippen LogP contribution in [-0.2, 0) is 9.59 Å². The molecule has 4 nitrogen and oxygen atoms in total. The number of benzene rings is 3. The van der Waals surface area contributed by atoms with E-state index in [1.54, 1.807) is 18.2 Å². The van der Waals surface area contributed by atoms with Crippen LogP contribution in [0.3, 0.4) is 0 Å². The second-order valence-corrected chi connectivity index (χ2v) is 7.92. The number of rotatable bonds is 4. The van der Waals surface area contributed by atoms with Gasteiger partial charge in [0.1, 0.15) is 5.70 Å². The Morgan fingerprint density at radius 2 is 1.53 bits per heavy atom. The smallest absolute Gasteiger partial charge is 0.282 e. The Balaban J connectivity index is 1.86. The molecule has 0 saturated carbocycles. The maximum absolute atomic E-state index is 13.5. The summed E-state index contributed by atoms with van der Waals surface area (Å²) in [7, 11) is 0. The molecule has 0 bridgehead atoms. The van der Waals surface area contributed by atoms with Gasteiger partial charge in [-0.2, -0.15) is 0 Å². The zero-order valence-corrected chi connectivity index (χ0v) is 17.7. The summed E-state index contributed by atoms with van der Waals surface area (Å²) in [5.74, 6) is -0.771. The number of carbonyl (C=O) groups excluding carboxylic acids is 2. The molecule has 0 unspecified atom stereocenters. The third-order valence-corrected chi connectivity index (χ3v) is 5.36. The van der Waals surface area contributed by atoms with Crippen molar-refractivity contribution in [1.82, 2.24) is 0 Å². The Morgan fingerprint density at radius 1 is 0.800 bits per heavy atom. The number of aryl methyl sites for hydroxylation is 3. The number of hydrogen-bond acceptors (Lipinski definition) is 3. The summed E-state index contributed by atoms with van der Waals surface area (Å²) in [6.45, 7) is 5.81. The van der Waals surface area contributed by atoms with E-state index in [1.165, 1.54) is 4.90 Å². The van der Waals surface area contributed by atoms with Gasteiger partial charge in [0.25, 0.3) is 11.8 Å². The Hall–Kier alpha value is -3.37. The lowest BCUT2D eigenvalue weighted by atomic mass is 10.0. The lowest BCUT2D eigenvalue weighted by molar-refractivity contribution is -0.120. The van der Waals surface area contributed by atoms with Crippen LogP contribution in [0.4, 0.5) is 11.4 Å². The minimum Gasteiger partial charge on any atom is -0.350 e. The number of hydrogen-bond donors (Lipinski definition) is 1. The summed E-state index contributed by atoms with van der Waals surface area (Å²) < 4.78 is 0. The lowest BCUT2D eigenvalue weighted by Crippen LogP contribution is -2.33. The van der Waals surface area contributed by atoms with E-state index in [2.05, 4.69) is 5.32 Å². The Labute approximate surface area is 180 Å². The van der Waals surface area contributed by atoms with Crippen molar-refractivity contribution in [2.75, 3.05) is 10.2 Å². The van der Waals surface area contributed by atoms with Gasteiger partial charge in [0.2, 0.25) is 0 Å². The molecule has 0 atom stereocenters. The van der Waals surface area contributed by atoms with Gasteiger partial charge in [-0.3, -0.25) is 9.59 Å². The second-order valence-electron chi connectivity index (χ2n) is 7.49. The van der Waals surface area contributed by atoms with Gasteiger partial charge >= 0.3 is 0 Å². The number of nitrogens with one attached hydrogen (secondary N) is 1. The number of imide groups is 1. The van der Waals surface area contributed by atoms with E-state index in [0.29, 0.717) is 21.8 Å². The van der Waals surface area contributed by atoms with Crippen LogP contribution in [0, 0.1) is 20.8 Å². The highest BCUT2D eigenvalue weighted by atomic mass is 35.5. The number of anilines is 2. The highest BCUT2D eigenvalue weighted by molar-refractivity contribution is 6.46. The first-order valence-electron chi connectivity index (χ1n) is 9.65. The predicted molar refractivity (Wildman–Crippen MR) is 122 cm³/mol. The van der Waals surface area contributed by atoms with Gasteiger partial charge in [-0.25, -0.2) is 4.90 Å². The number of nitrogens with zero attached hydrogens (tertiary/aromatic N) is 1. The minimum absolute atomic E-state index is 0.258. The highest BCUT2D eigenvalue weighted by Crippen LogP contribution is 2.36. The molecule has 0 spiro atoms. The molecule has 30 heavy (non-hydrogen) atoms. The third kappa shape index (κ3) is 3.62. The first-order chi connectivity index (χ1) is 14.3. The number of carbonyl (C=O) groups is 2. The fourth-order valence-electron chi connectivity index (χ4n) is 3.54. The van der Waals surface area contributed by atoms with Gasteiger partial charge in [0.05, 0.1) is 11.3 Å². The van der Waals surface area contributed by atoms with Crippen molar-refractivity contribution in [2.45, 2.75) is 20.8 Å². The van der Waals surface area contributed by atoms with Crippen molar-refractivity contribution in [3.05, 3.63) is 99.7 Å². The van der Waals surface area contributed by atoms with E-state index in [1.807, 2.05) is 69.3 Å². The van der Waals surface area contributed by atoms with Crippen LogP contribution in [0.5, 0.6) is 0 Å². The molecule has 1 aliphatic rings. The molecule has 0 saturated heterocycles. The lowest BCUT2D eigenvalue weighted by Gasteiger charge is -2.18. The second kappa shape index (κ2) is 7.81. The summed E-state index contributed by atoms with van der Waals surface area (Å²) in [6, 6.07) is 20.5. The van der Waals surface area contributed by atoms with Gasteiger partial charge < -0.3 is 5.32 Å². The Kier molecular flexibility index (Phi) is 5.18. The Bertz CT molecular complexity index is 1200. The molecule has 2 amide bonds. The summed E-state index contributed by atoms with van der Waals surface area (Å²) in [6.07, 6.45) is 0. The maximum atomic E-state index is 13.5. The molecule has 1 heterocycles. The van der Waals surface area contributed by atoms with Crippen LogP contribution < -0.4 is 10.2 Å². The molecule has 3 aromatic rings. The van der Waals surface area contributed by atoms with Gasteiger partial charge in [-0.05, 0) is 61.7 Å². The van der Waals surface area contributed by atoms with Gasteiger partial charge in [-0.1, -0.05) is 59.6 Å². The Morgan fingerprint density at radius 3 is 2.23 bits per heavy atom.